The van der Waals surface area contributed by atoms with Gasteiger partial charge >= 0.3 is 0 Å². The lowest BCUT2D eigenvalue weighted by molar-refractivity contribution is 0.322. The first-order chi connectivity index (χ1) is 8.72. The van der Waals surface area contributed by atoms with Crippen LogP contribution in [0.2, 0.25) is 5.02 Å². The highest BCUT2D eigenvalue weighted by molar-refractivity contribution is 6.30. The van der Waals surface area contributed by atoms with E-state index >= 15 is 0 Å². The van der Waals surface area contributed by atoms with E-state index in [0.717, 1.165) is 17.9 Å². The minimum absolute atomic E-state index is 0.521. The molecule has 0 aliphatic rings. The molecule has 0 heterocycles. The standard InChI is InChI=1S/C14H20ClNO2/c1-4-6-7-18-14-11(10-16-5-2)8-12(15)9-13(14)17-3/h4,6,8-9,16H,5,7,10H2,1-3H3/b6-4+. The molecule has 0 amide bonds. The van der Waals surface area contributed by atoms with Crippen LogP contribution in [0.5, 0.6) is 11.5 Å². The quantitative estimate of drug-likeness (QED) is 0.770. The van der Waals surface area contributed by atoms with Gasteiger partial charge in [-0.25, -0.2) is 0 Å². The molecule has 1 aromatic rings. The number of hydrogen-bond acceptors (Lipinski definition) is 3. The van der Waals surface area contributed by atoms with Crippen LogP contribution in [0, 0.1) is 0 Å². The van der Waals surface area contributed by atoms with Gasteiger partial charge in [0.05, 0.1) is 7.11 Å². The smallest absolute Gasteiger partial charge is 0.166 e. The van der Waals surface area contributed by atoms with E-state index in [9.17, 15) is 0 Å². The zero-order chi connectivity index (χ0) is 13.4. The number of rotatable bonds is 7. The van der Waals surface area contributed by atoms with Gasteiger partial charge in [-0.2, -0.15) is 0 Å². The summed E-state index contributed by atoms with van der Waals surface area (Å²) in [6, 6.07) is 3.67. The Bertz CT molecular complexity index is 405. The second-order valence-electron chi connectivity index (χ2n) is 3.76. The molecular weight excluding hydrogens is 250 g/mol. The summed E-state index contributed by atoms with van der Waals surface area (Å²) in [4.78, 5) is 0. The van der Waals surface area contributed by atoms with Crippen molar-refractivity contribution in [3.8, 4) is 11.5 Å². The molecule has 0 saturated carbocycles. The van der Waals surface area contributed by atoms with Gasteiger partial charge in [0.25, 0.3) is 0 Å². The number of hydrogen-bond donors (Lipinski definition) is 1. The van der Waals surface area contributed by atoms with Gasteiger partial charge in [0.2, 0.25) is 0 Å². The summed E-state index contributed by atoms with van der Waals surface area (Å²) in [5.41, 5.74) is 1.01. The lowest BCUT2D eigenvalue weighted by atomic mass is 10.2. The molecule has 100 valence electrons. The molecule has 0 atom stereocenters. The van der Waals surface area contributed by atoms with Crippen LogP contribution >= 0.6 is 11.6 Å². The minimum Gasteiger partial charge on any atom is -0.493 e. The van der Waals surface area contributed by atoms with E-state index in [2.05, 4.69) is 12.2 Å². The van der Waals surface area contributed by atoms with Gasteiger partial charge in [0.15, 0.2) is 11.5 Å². The highest BCUT2D eigenvalue weighted by Gasteiger charge is 2.12. The molecule has 0 fully saturated rings. The van der Waals surface area contributed by atoms with E-state index < -0.39 is 0 Å². The Balaban J connectivity index is 2.98. The molecule has 1 N–H and O–H groups in total. The van der Waals surface area contributed by atoms with Gasteiger partial charge in [-0.3, -0.25) is 0 Å². The summed E-state index contributed by atoms with van der Waals surface area (Å²) in [5, 5.41) is 3.91. The molecule has 0 bridgehead atoms. The second-order valence-corrected chi connectivity index (χ2v) is 4.19. The maximum absolute atomic E-state index is 6.06. The van der Waals surface area contributed by atoms with Crippen molar-refractivity contribution < 1.29 is 9.47 Å². The molecule has 0 saturated heterocycles. The molecule has 3 nitrogen and oxygen atoms in total. The van der Waals surface area contributed by atoms with Gasteiger partial charge in [0.1, 0.15) is 6.61 Å². The predicted octanol–water partition coefficient (Wildman–Crippen LogP) is 3.41. The van der Waals surface area contributed by atoms with Crippen molar-refractivity contribution in [1.29, 1.82) is 0 Å². The largest absolute Gasteiger partial charge is 0.493 e. The first-order valence-corrected chi connectivity index (χ1v) is 6.41. The van der Waals surface area contributed by atoms with Crippen LogP contribution in [-0.4, -0.2) is 20.3 Å². The number of nitrogens with one attached hydrogen (secondary N) is 1. The highest BCUT2D eigenvalue weighted by atomic mass is 35.5. The second kappa shape index (κ2) is 8.01. The van der Waals surface area contributed by atoms with Crippen LogP contribution in [0.4, 0.5) is 0 Å². The van der Waals surface area contributed by atoms with Gasteiger partial charge in [-0.1, -0.05) is 30.7 Å². The maximum atomic E-state index is 6.06. The molecule has 4 heteroatoms. The van der Waals surface area contributed by atoms with Crippen LogP contribution < -0.4 is 14.8 Å². The van der Waals surface area contributed by atoms with E-state index in [1.807, 2.05) is 25.1 Å². The number of ether oxygens (including phenoxy) is 2. The van der Waals surface area contributed by atoms with Gasteiger partial charge < -0.3 is 14.8 Å². The Labute approximate surface area is 114 Å². The Hall–Kier alpha value is -1.19. The molecule has 0 spiro atoms. The average Bonchev–Trinajstić information content (AvgIpc) is 2.37. The fourth-order valence-corrected chi connectivity index (χ4v) is 1.79. The topological polar surface area (TPSA) is 30.5 Å². The maximum Gasteiger partial charge on any atom is 0.166 e. The number of allylic oxidation sites excluding steroid dienone is 1. The molecule has 1 rings (SSSR count). The van der Waals surface area contributed by atoms with Crippen LogP contribution in [0.3, 0.4) is 0 Å². The van der Waals surface area contributed by atoms with Crippen molar-refractivity contribution >= 4 is 11.6 Å². The number of halogens is 1. The third-order valence-electron chi connectivity index (χ3n) is 2.44. The monoisotopic (exact) mass is 269 g/mol. The molecular formula is C14H20ClNO2. The van der Waals surface area contributed by atoms with Crippen molar-refractivity contribution in [3.05, 3.63) is 34.9 Å². The fraction of sp³-hybridized carbons (Fsp3) is 0.429. The predicted molar refractivity (Wildman–Crippen MR) is 75.7 cm³/mol. The van der Waals surface area contributed by atoms with Crippen molar-refractivity contribution in [2.24, 2.45) is 0 Å². The van der Waals surface area contributed by atoms with E-state index in [1.54, 1.807) is 13.2 Å². The molecule has 0 aliphatic heterocycles. The molecule has 0 unspecified atom stereocenters. The molecule has 0 aliphatic carbocycles. The van der Waals surface area contributed by atoms with Crippen molar-refractivity contribution in [3.63, 3.8) is 0 Å². The number of methoxy groups -OCH3 is 1. The van der Waals surface area contributed by atoms with E-state index in [-0.39, 0.29) is 0 Å². The Morgan fingerprint density at radius 2 is 2.17 bits per heavy atom. The number of benzene rings is 1. The lowest BCUT2D eigenvalue weighted by Gasteiger charge is -2.15. The fourth-order valence-electron chi connectivity index (χ4n) is 1.56. The van der Waals surface area contributed by atoms with Crippen LogP contribution in [0.1, 0.15) is 19.4 Å². The molecule has 18 heavy (non-hydrogen) atoms. The average molecular weight is 270 g/mol. The van der Waals surface area contributed by atoms with Crippen LogP contribution in [0.15, 0.2) is 24.3 Å². The molecule has 1 aromatic carbocycles. The van der Waals surface area contributed by atoms with Gasteiger partial charge in [-0.05, 0) is 19.5 Å². The zero-order valence-electron chi connectivity index (χ0n) is 11.1. The van der Waals surface area contributed by atoms with Gasteiger partial charge in [0, 0.05) is 23.2 Å². The summed E-state index contributed by atoms with van der Waals surface area (Å²) in [6.45, 7) is 6.14. The van der Waals surface area contributed by atoms with Crippen molar-refractivity contribution in [2.75, 3.05) is 20.3 Å². The summed E-state index contributed by atoms with van der Waals surface area (Å²) in [7, 11) is 1.62. The zero-order valence-corrected chi connectivity index (χ0v) is 11.9. The van der Waals surface area contributed by atoms with Crippen LogP contribution in [0.25, 0.3) is 0 Å². The molecule has 0 aromatic heterocycles. The van der Waals surface area contributed by atoms with Crippen molar-refractivity contribution in [1.82, 2.24) is 5.32 Å². The van der Waals surface area contributed by atoms with E-state index in [1.165, 1.54) is 0 Å². The SMILES string of the molecule is C/C=C/COc1c(CNCC)cc(Cl)cc1OC. The summed E-state index contributed by atoms with van der Waals surface area (Å²) < 4.78 is 11.1. The Morgan fingerprint density at radius 1 is 1.39 bits per heavy atom. The minimum atomic E-state index is 0.521. The highest BCUT2D eigenvalue weighted by Crippen LogP contribution is 2.34. The first kappa shape index (κ1) is 14.9. The normalized spacial score (nSPS) is 10.9. The lowest BCUT2D eigenvalue weighted by Crippen LogP contribution is -2.13. The Morgan fingerprint density at radius 3 is 2.78 bits per heavy atom. The van der Waals surface area contributed by atoms with Crippen molar-refractivity contribution in [2.45, 2.75) is 20.4 Å². The van der Waals surface area contributed by atoms with Gasteiger partial charge in [-0.15, -0.1) is 0 Å². The first-order valence-electron chi connectivity index (χ1n) is 6.04. The summed E-state index contributed by atoms with van der Waals surface area (Å²) in [5.74, 6) is 1.42. The third kappa shape index (κ3) is 4.24. The van der Waals surface area contributed by atoms with Crippen LogP contribution in [-0.2, 0) is 6.54 Å². The van der Waals surface area contributed by atoms with E-state index in [4.69, 9.17) is 21.1 Å². The van der Waals surface area contributed by atoms with E-state index in [0.29, 0.717) is 23.9 Å². The summed E-state index contributed by atoms with van der Waals surface area (Å²) in [6.07, 6.45) is 3.90. The third-order valence-corrected chi connectivity index (χ3v) is 2.66. The summed E-state index contributed by atoms with van der Waals surface area (Å²) >= 11 is 6.06. The molecule has 0 radical (unpaired) electrons. The Kier molecular flexibility index (Phi) is 6.61.